The third-order valence-corrected chi connectivity index (χ3v) is 9.13. The number of piperazine rings is 1. The number of aromatic nitrogens is 1. The van der Waals surface area contributed by atoms with Gasteiger partial charge in [-0.15, -0.1) is 0 Å². The Balaban J connectivity index is 1.24. The van der Waals surface area contributed by atoms with Crippen LogP contribution in [0.25, 0.3) is 0 Å². The molecule has 1 saturated heterocycles. The van der Waals surface area contributed by atoms with Crippen molar-refractivity contribution >= 4 is 23.4 Å². The summed E-state index contributed by atoms with van der Waals surface area (Å²) in [5, 5.41) is 28.9. The van der Waals surface area contributed by atoms with Gasteiger partial charge in [-0.3, -0.25) is 24.4 Å². The quantitative estimate of drug-likeness (QED) is 0.308. The van der Waals surface area contributed by atoms with E-state index in [4.69, 9.17) is 11.6 Å². The summed E-state index contributed by atoms with van der Waals surface area (Å²) in [5.41, 5.74) is 2.45. The first-order valence-electron chi connectivity index (χ1n) is 15.6. The normalized spacial score (nSPS) is 24.3. The Labute approximate surface area is 260 Å². The third-order valence-electron chi connectivity index (χ3n) is 8.78. The van der Waals surface area contributed by atoms with Crippen molar-refractivity contribution < 1.29 is 19.8 Å². The predicted octanol–water partition coefficient (Wildman–Crippen LogP) is 3.08. The van der Waals surface area contributed by atoms with Crippen molar-refractivity contribution in [3.63, 3.8) is 0 Å². The Hall–Kier alpha value is -2.56. The van der Waals surface area contributed by atoms with Crippen molar-refractivity contribution in [2.24, 2.45) is 11.8 Å². The summed E-state index contributed by atoms with van der Waals surface area (Å²) in [5.74, 6) is -0.104. The third kappa shape index (κ3) is 8.54. The Kier molecular flexibility index (Phi) is 10.1. The number of benzene rings is 1. The number of nitrogens with zero attached hydrogens (tertiary/aromatic N) is 3. The second kappa shape index (κ2) is 13.6. The predicted molar refractivity (Wildman–Crippen MR) is 166 cm³/mol. The molecule has 4 N–H and O–H groups in total. The molecular formula is C33H46ClN5O4. The lowest BCUT2D eigenvalue weighted by Gasteiger charge is -2.42. The number of aliphatic hydroxyl groups is 2. The van der Waals surface area contributed by atoms with Crippen LogP contribution in [0.15, 0.2) is 42.7 Å². The number of fused-ring (bicyclic) bond motifs is 1. The first-order chi connectivity index (χ1) is 20.5. The average Bonchev–Trinajstić information content (AvgIpc) is 3.71. The second-order valence-corrected chi connectivity index (χ2v) is 14.1. The van der Waals surface area contributed by atoms with E-state index >= 15 is 0 Å². The topological polar surface area (TPSA) is 118 Å². The number of carbonyl (C=O) groups is 2. The molecule has 1 aliphatic heterocycles. The van der Waals surface area contributed by atoms with Gasteiger partial charge in [0.05, 0.1) is 18.2 Å². The highest BCUT2D eigenvalue weighted by molar-refractivity contribution is 6.31. The molecule has 10 heteroatoms. The lowest BCUT2D eigenvalue weighted by molar-refractivity contribution is -0.132. The van der Waals surface area contributed by atoms with E-state index in [1.165, 1.54) is 0 Å². The average molecular weight is 612 g/mol. The highest BCUT2D eigenvalue weighted by Crippen LogP contribution is 2.39. The van der Waals surface area contributed by atoms with Crippen LogP contribution in [-0.2, 0) is 22.6 Å². The van der Waals surface area contributed by atoms with E-state index in [0.29, 0.717) is 56.4 Å². The Bertz CT molecular complexity index is 1270. The Morgan fingerprint density at radius 3 is 2.65 bits per heavy atom. The fraction of sp³-hybridized carbons (Fsp3) is 0.606. The minimum Gasteiger partial charge on any atom is -0.392 e. The molecule has 9 nitrogen and oxygen atoms in total. The fourth-order valence-corrected chi connectivity index (χ4v) is 6.75. The van der Waals surface area contributed by atoms with Crippen LogP contribution in [0, 0.1) is 11.8 Å². The molecule has 0 radical (unpaired) electrons. The van der Waals surface area contributed by atoms with Gasteiger partial charge in [-0.2, -0.15) is 0 Å². The number of carbonyl (C=O) groups excluding carboxylic acids is 2. The van der Waals surface area contributed by atoms with Crippen LogP contribution in [-0.4, -0.2) is 86.8 Å². The van der Waals surface area contributed by atoms with Gasteiger partial charge in [-0.25, -0.2) is 0 Å². The molecule has 43 heavy (non-hydrogen) atoms. The van der Waals surface area contributed by atoms with Gasteiger partial charge < -0.3 is 20.8 Å². The van der Waals surface area contributed by atoms with Crippen molar-refractivity contribution in [2.45, 2.75) is 89.3 Å². The highest BCUT2D eigenvalue weighted by atomic mass is 35.5. The number of halogens is 1. The van der Waals surface area contributed by atoms with Crippen molar-refractivity contribution in [1.29, 1.82) is 0 Å². The molecule has 1 aromatic carbocycles. The molecule has 5 atom stereocenters. The SMILES string of the molecule is CC(C)(C)NC(=O)[C@@H]1CN(Cc2cccnc2)CCN1C[C@@H](O)C[C@@H](CC1CC1)C(=O)N[C@H]1c2cccc(Cl)c2C[C@H]1O. The second-order valence-electron chi connectivity index (χ2n) is 13.7. The maximum atomic E-state index is 13.6. The van der Waals surface area contributed by atoms with Gasteiger partial charge in [0.15, 0.2) is 0 Å². The van der Waals surface area contributed by atoms with Crippen molar-refractivity contribution in [1.82, 2.24) is 25.4 Å². The summed E-state index contributed by atoms with van der Waals surface area (Å²) in [4.78, 5) is 35.6. The highest BCUT2D eigenvalue weighted by Gasteiger charge is 2.39. The van der Waals surface area contributed by atoms with Crippen LogP contribution in [0.4, 0.5) is 0 Å². The number of aliphatic hydroxyl groups excluding tert-OH is 2. The van der Waals surface area contributed by atoms with Crippen molar-refractivity contribution in [3.8, 4) is 0 Å². The molecule has 0 unspecified atom stereocenters. The molecule has 2 aliphatic carbocycles. The Morgan fingerprint density at radius 2 is 1.95 bits per heavy atom. The van der Waals surface area contributed by atoms with Crippen LogP contribution in [0.2, 0.25) is 5.02 Å². The summed E-state index contributed by atoms with van der Waals surface area (Å²) in [6.45, 7) is 8.84. The number of nitrogens with one attached hydrogen (secondary N) is 2. The molecule has 1 saturated carbocycles. The molecule has 2 fully saturated rings. The number of β-amino-alcohol motifs (C(OH)–C–C–N with tert-alkyl or cyclic N) is 1. The smallest absolute Gasteiger partial charge is 0.239 e. The fourth-order valence-electron chi connectivity index (χ4n) is 6.49. The van der Waals surface area contributed by atoms with Gasteiger partial charge in [-0.1, -0.05) is 42.6 Å². The number of hydrogen-bond donors (Lipinski definition) is 4. The molecule has 3 aliphatic rings. The maximum Gasteiger partial charge on any atom is 0.239 e. The van der Waals surface area contributed by atoms with E-state index in [9.17, 15) is 19.8 Å². The van der Waals surface area contributed by atoms with Gasteiger partial charge in [0, 0.05) is 68.0 Å². The minimum absolute atomic E-state index is 0.0598. The van der Waals surface area contributed by atoms with E-state index in [1.54, 1.807) is 12.3 Å². The molecule has 234 valence electrons. The van der Waals surface area contributed by atoms with Gasteiger partial charge in [0.1, 0.15) is 6.04 Å². The number of rotatable bonds is 11. The summed E-state index contributed by atoms with van der Waals surface area (Å²) in [6, 6.07) is 8.56. The van der Waals surface area contributed by atoms with Crippen LogP contribution >= 0.6 is 11.6 Å². The summed E-state index contributed by atoms with van der Waals surface area (Å²) < 4.78 is 0. The summed E-state index contributed by atoms with van der Waals surface area (Å²) in [7, 11) is 0. The van der Waals surface area contributed by atoms with Gasteiger partial charge in [0.25, 0.3) is 0 Å². The lowest BCUT2D eigenvalue weighted by Crippen LogP contribution is -2.61. The lowest BCUT2D eigenvalue weighted by atomic mass is 9.93. The monoisotopic (exact) mass is 611 g/mol. The van der Waals surface area contributed by atoms with Crippen LogP contribution in [0.5, 0.6) is 0 Å². The van der Waals surface area contributed by atoms with Crippen LogP contribution in [0.1, 0.15) is 69.2 Å². The molecular weight excluding hydrogens is 566 g/mol. The van der Waals surface area contributed by atoms with Crippen LogP contribution < -0.4 is 10.6 Å². The summed E-state index contributed by atoms with van der Waals surface area (Å²) in [6.07, 6.45) is 5.69. The largest absolute Gasteiger partial charge is 0.392 e. The molecule has 2 heterocycles. The molecule has 5 rings (SSSR count). The number of hydrogen-bond acceptors (Lipinski definition) is 7. The maximum absolute atomic E-state index is 13.6. The van der Waals surface area contributed by atoms with E-state index < -0.39 is 24.3 Å². The van der Waals surface area contributed by atoms with E-state index in [2.05, 4.69) is 25.4 Å². The first-order valence-corrected chi connectivity index (χ1v) is 16.0. The van der Waals surface area contributed by atoms with Gasteiger partial charge in [-0.05, 0) is 68.4 Å². The van der Waals surface area contributed by atoms with E-state index in [-0.39, 0.29) is 23.3 Å². The number of pyridine rings is 1. The van der Waals surface area contributed by atoms with E-state index in [1.807, 2.05) is 51.2 Å². The Morgan fingerprint density at radius 1 is 1.16 bits per heavy atom. The molecule has 0 spiro atoms. The molecule has 1 aromatic heterocycles. The van der Waals surface area contributed by atoms with Gasteiger partial charge in [0.2, 0.25) is 11.8 Å². The minimum atomic E-state index is -0.778. The number of amides is 2. The van der Waals surface area contributed by atoms with E-state index in [0.717, 1.165) is 36.1 Å². The molecule has 2 aromatic rings. The zero-order valence-electron chi connectivity index (χ0n) is 25.5. The summed E-state index contributed by atoms with van der Waals surface area (Å²) >= 11 is 6.36. The first kappa shape index (κ1) is 31.9. The standard InChI is InChI=1S/C33H46ClN5O4/c1-33(2,3)37-32(43)28-20-38(18-22-6-5-11-35-17-22)12-13-39(28)19-24(40)15-23(14-21-9-10-21)31(42)36-30-25-7-4-8-27(34)26(25)16-29(30)41/h4-8,11,17,21,23-24,28-30,40-41H,9-10,12-16,18-20H2,1-3H3,(H,36,42)(H,37,43)/t23-,24+,28+,29-,30+/m1/s1. The van der Waals surface area contributed by atoms with Crippen molar-refractivity contribution in [3.05, 3.63) is 64.4 Å². The zero-order chi connectivity index (χ0) is 30.7. The molecule has 2 amide bonds. The van der Waals surface area contributed by atoms with Gasteiger partial charge >= 0.3 is 0 Å². The zero-order valence-corrected chi connectivity index (χ0v) is 26.3. The van der Waals surface area contributed by atoms with Crippen LogP contribution in [0.3, 0.4) is 0 Å². The molecule has 0 bridgehead atoms. The van der Waals surface area contributed by atoms with Crippen molar-refractivity contribution in [2.75, 3.05) is 26.2 Å².